The maximum atomic E-state index is 5.35. The van der Waals surface area contributed by atoms with Crippen LogP contribution >= 0.6 is 0 Å². The highest BCUT2D eigenvalue weighted by atomic mass is 16.5. The Morgan fingerprint density at radius 3 is 2.12 bits per heavy atom. The predicted molar refractivity (Wildman–Crippen MR) is 65.4 cm³/mol. The van der Waals surface area contributed by atoms with Gasteiger partial charge in [-0.25, -0.2) is 0 Å². The van der Waals surface area contributed by atoms with Crippen molar-refractivity contribution in [1.82, 2.24) is 0 Å². The molecule has 0 heterocycles. The van der Waals surface area contributed by atoms with Crippen molar-refractivity contribution in [2.75, 3.05) is 14.2 Å². The molecule has 0 N–H and O–H groups in total. The second-order valence-corrected chi connectivity index (χ2v) is 5.32. The lowest BCUT2D eigenvalue weighted by molar-refractivity contribution is 0.310. The van der Waals surface area contributed by atoms with E-state index in [0.29, 0.717) is 5.41 Å². The topological polar surface area (TPSA) is 18.5 Å². The third-order valence-electron chi connectivity index (χ3n) is 3.45. The average Bonchev–Trinajstić information content (AvgIpc) is 2.26. The van der Waals surface area contributed by atoms with Crippen molar-refractivity contribution < 1.29 is 9.47 Å². The molecule has 0 aromatic heterocycles. The molecule has 88 valence electrons. The minimum absolute atomic E-state index is 0.409. The van der Waals surface area contributed by atoms with Crippen molar-refractivity contribution >= 4 is 0 Å². The summed E-state index contributed by atoms with van der Waals surface area (Å²) in [5, 5.41) is 0. The van der Waals surface area contributed by atoms with Crippen LogP contribution in [0.4, 0.5) is 0 Å². The van der Waals surface area contributed by atoms with Gasteiger partial charge in [0.15, 0.2) is 11.5 Å². The Morgan fingerprint density at radius 2 is 1.56 bits per heavy atom. The van der Waals surface area contributed by atoms with Crippen LogP contribution in [0.25, 0.3) is 0 Å². The van der Waals surface area contributed by atoms with Gasteiger partial charge >= 0.3 is 0 Å². The Kier molecular flexibility index (Phi) is 2.83. The molecule has 0 aliphatic heterocycles. The van der Waals surface area contributed by atoms with Crippen LogP contribution < -0.4 is 9.47 Å². The molecule has 1 aromatic rings. The molecule has 0 atom stereocenters. The summed E-state index contributed by atoms with van der Waals surface area (Å²) in [5.74, 6) is 1.69. The zero-order valence-corrected chi connectivity index (χ0v) is 10.6. The highest BCUT2D eigenvalue weighted by molar-refractivity contribution is 5.48. The van der Waals surface area contributed by atoms with Crippen molar-refractivity contribution in [3.63, 3.8) is 0 Å². The van der Waals surface area contributed by atoms with Crippen LogP contribution in [0.3, 0.4) is 0 Å². The number of hydrogen-bond donors (Lipinski definition) is 0. The Balaban J connectivity index is 2.42. The summed E-state index contributed by atoms with van der Waals surface area (Å²) >= 11 is 0. The number of hydrogen-bond acceptors (Lipinski definition) is 2. The first-order chi connectivity index (χ1) is 7.55. The van der Waals surface area contributed by atoms with Gasteiger partial charge in [0.1, 0.15) is 0 Å². The quantitative estimate of drug-likeness (QED) is 0.762. The van der Waals surface area contributed by atoms with Crippen LogP contribution in [-0.2, 0) is 12.8 Å². The highest BCUT2D eigenvalue weighted by Crippen LogP contribution is 2.39. The fourth-order valence-corrected chi connectivity index (χ4v) is 2.44. The fraction of sp³-hybridized carbons (Fsp3) is 0.571. The molecule has 0 spiro atoms. The lowest BCUT2D eigenvalue weighted by Crippen LogP contribution is -2.22. The smallest absolute Gasteiger partial charge is 0.161 e. The van der Waals surface area contributed by atoms with E-state index in [9.17, 15) is 0 Å². The largest absolute Gasteiger partial charge is 0.493 e. The second kappa shape index (κ2) is 4.00. The van der Waals surface area contributed by atoms with Gasteiger partial charge in [-0.2, -0.15) is 0 Å². The third-order valence-corrected chi connectivity index (χ3v) is 3.45. The monoisotopic (exact) mass is 220 g/mol. The van der Waals surface area contributed by atoms with Crippen molar-refractivity contribution in [3.8, 4) is 11.5 Å². The van der Waals surface area contributed by atoms with Gasteiger partial charge in [0.2, 0.25) is 0 Å². The SMILES string of the molecule is COc1cc2c(cc1OC)CC(C)(C)CC2. The van der Waals surface area contributed by atoms with Gasteiger partial charge in [-0.1, -0.05) is 13.8 Å². The lowest BCUT2D eigenvalue weighted by Gasteiger charge is -2.31. The summed E-state index contributed by atoms with van der Waals surface area (Å²) in [6.07, 6.45) is 3.51. The van der Waals surface area contributed by atoms with Crippen LogP contribution in [0, 0.1) is 5.41 Å². The Bertz CT molecular complexity index is 394. The van der Waals surface area contributed by atoms with E-state index in [0.717, 1.165) is 24.3 Å². The lowest BCUT2D eigenvalue weighted by atomic mass is 9.74. The Morgan fingerprint density at radius 1 is 1.00 bits per heavy atom. The predicted octanol–water partition coefficient (Wildman–Crippen LogP) is 3.22. The molecule has 16 heavy (non-hydrogen) atoms. The molecule has 0 saturated heterocycles. The van der Waals surface area contributed by atoms with Gasteiger partial charge in [-0.05, 0) is 47.9 Å². The van der Waals surface area contributed by atoms with E-state index < -0.39 is 0 Å². The molecular formula is C14H20O2. The first kappa shape index (κ1) is 11.3. The van der Waals surface area contributed by atoms with Gasteiger partial charge < -0.3 is 9.47 Å². The first-order valence-electron chi connectivity index (χ1n) is 5.79. The minimum Gasteiger partial charge on any atom is -0.493 e. The van der Waals surface area contributed by atoms with E-state index in [-0.39, 0.29) is 0 Å². The average molecular weight is 220 g/mol. The molecule has 1 aliphatic rings. The van der Waals surface area contributed by atoms with E-state index in [4.69, 9.17) is 9.47 Å². The maximum Gasteiger partial charge on any atom is 0.161 e. The van der Waals surface area contributed by atoms with Crippen LogP contribution in [0.2, 0.25) is 0 Å². The summed E-state index contributed by atoms with van der Waals surface area (Å²) in [5.41, 5.74) is 3.23. The number of ether oxygens (including phenoxy) is 2. The standard InChI is InChI=1S/C14H20O2/c1-14(2)6-5-10-7-12(15-3)13(16-4)8-11(10)9-14/h7-8H,5-6,9H2,1-4H3. The molecule has 0 saturated carbocycles. The van der Waals surface area contributed by atoms with Gasteiger partial charge in [0.25, 0.3) is 0 Å². The van der Waals surface area contributed by atoms with Gasteiger partial charge in [0, 0.05) is 0 Å². The normalized spacial score (nSPS) is 17.8. The molecule has 1 aliphatic carbocycles. The van der Waals surface area contributed by atoms with Gasteiger partial charge in [-0.3, -0.25) is 0 Å². The van der Waals surface area contributed by atoms with Crippen LogP contribution in [-0.4, -0.2) is 14.2 Å². The molecule has 0 fully saturated rings. The van der Waals surface area contributed by atoms with E-state index in [1.807, 2.05) is 0 Å². The number of methoxy groups -OCH3 is 2. The Hall–Kier alpha value is -1.18. The molecule has 0 bridgehead atoms. The van der Waals surface area contributed by atoms with Crippen LogP contribution in [0.15, 0.2) is 12.1 Å². The van der Waals surface area contributed by atoms with Crippen molar-refractivity contribution in [3.05, 3.63) is 23.3 Å². The summed E-state index contributed by atoms with van der Waals surface area (Å²) in [7, 11) is 3.38. The third kappa shape index (κ3) is 2.01. The highest BCUT2D eigenvalue weighted by Gasteiger charge is 2.26. The van der Waals surface area contributed by atoms with E-state index in [1.165, 1.54) is 17.5 Å². The maximum absolute atomic E-state index is 5.35. The first-order valence-corrected chi connectivity index (χ1v) is 5.79. The van der Waals surface area contributed by atoms with Crippen molar-refractivity contribution in [2.24, 2.45) is 5.41 Å². The van der Waals surface area contributed by atoms with Gasteiger partial charge in [-0.15, -0.1) is 0 Å². The van der Waals surface area contributed by atoms with E-state index in [1.54, 1.807) is 14.2 Å². The molecule has 2 rings (SSSR count). The van der Waals surface area contributed by atoms with Crippen LogP contribution in [0.1, 0.15) is 31.4 Å². The summed E-state index contributed by atoms with van der Waals surface area (Å²) in [6, 6.07) is 4.26. The zero-order chi connectivity index (χ0) is 11.8. The van der Waals surface area contributed by atoms with E-state index >= 15 is 0 Å². The molecule has 0 radical (unpaired) electrons. The van der Waals surface area contributed by atoms with Crippen LogP contribution in [0.5, 0.6) is 11.5 Å². The number of rotatable bonds is 2. The van der Waals surface area contributed by atoms with Crippen molar-refractivity contribution in [1.29, 1.82) is 0 Å². The molecule has 2 heteroatoms. The van der Waals surface area contributed by atoms with E-state index in [2.05, 4.69) is 26.0 Å². The molecule has 1 aromatic carbocycles. The van der Waals surface area contributed by atoms with Crippen molar-refractivity contribution in [2.45, 2.75) is 33.1 Å². The second-order valence-electron chi connectivity index (χ2n) is 5.32. The Labute approximate surface area is 97.6 Å². The van der Waals surface area contributed by atoms with Gasteiger partial charge in [0.05, 0.1) is 14.2 Å². The molecule has 0 amide bonds. The molecule has 2 nitrogen and oxygen atoms in total. The minimum atomic E-state index is 0.409. The number of aryl methyl sites for hydroxylation is 1. The number of fused-ring (bicyclic) bond motifs is 1. The molecular weight excluding hydrogens is 200 g/mol. The summed E-state index contributed by atoms with van der Waals surface area (Å²) in [4.78, 5) is 0. The summed E-state index contributed by atoms with van der Waals surface area (Å²) in [6.45, 7) is 4.65. The summed E-state index contributed by atoms with van der Waals surface area (Å²) < 4.78 is 10.7. The fourth-order valence-electron chi connectivity index (χ4n) is 2.44. The molecule has 0 unspecified atom stereocenters. The zero-order valence-electron chi connectivity index (χ0n) is 10.6. The number of benzene rings is 1.